The zero-order chi connectivity index (χ0) is 8.73. The predicted octanol–water partition coefficient (Wildman–Crippen LogP) is 2.74. The molecule has 2 fully saturated rings. The maximum atomic E-state index is 3.74. The Hall–Kier alpha value is -0.340. The molecule has 1 aromatic rings. The van der Waals surface area contributed by atoms with Crippen LogP contribution >= 0.6 is 11.3 Å². The van der Waals surface area contributed by atoms with Crippen LogP contribution in [0.5, 0.6) is 0 Å². The molecule has 1 atom stereocenters. The molecule has 1 unspecified atom stereocenters. The third-order valence-corrected chi connectivity index (χ3v) is 4.47. The lowest BCUT2D eigenvalue weighted by atomic mass is 9.90. The van der Waals surface area contributed by atoms with Crippen molar-refractivity contribution in [1.29, 1.82) is 0 Å². The molecule has 0 aromatic carbocycles. The standard InChI is InChI=1S/C11H15NS/c1-3-10(13-8-1)11(9-4-5-9)6-2-7-12-11/h1,3,8-9,12H,2,4-7H2. The number of hydrogen-bond acceptors (Lipinski definition) is 2. The third kappa shape index (κ3) is 1.16. The van der Waals surface area contributed by atoms with Crippen molar-refractivity contribution in [2.24, 2.45) is 5.92 Å². The van der Waals surface area contributed by atoms with E-state index in [0.717, 1.165) is 5.92 Å². The van der Waals surface area contributed by atoms with Crippen molar-refractivity contribution in [2.45, 2.75) is 31.2 Å². The fourth-order valence-electron chi connectivity index (χ4n) is 2.64. The maximum absolute atomic E-state index is 3.74. The lowest BCUT2D eigenvalue weighted by Crippen LogP contribution is -2.38. The van der Waals surface area contributed by atoms with Crippen LogP contribution in [0, 0.1) is 5.92 Å². The lowest BCUT2D eigenvalue weighted by molar-refractivity contribution is 0.343. The fourth-order valence-corrected chi connectivity index (χ4v) is 3.65. The molecule has 1 N–H and O–H groups in total. The molecule has 1 aliphatic heterocycles. The highest BCUT2D eigenvalue weighted by Crippen LogP contribution is 2.51. The largest absolute Gasteiger partial charge is 0.306 e. The van der Waals surface area contributed by atoms with Gasteiger partial charge in [-0.1, -0.05) is 6.07 Å². The summed E-state index contributed by atoms with van der Waals surface area (Å²) < 4.78 is 0. The first-order valence-electron chi connectivity index (χ1n) is 5.21. The predicted molar refractivity (Wildman–Crippen MR) is 56.0 cm³/mol. The Kier molecular flexibility index (Phi) is 1.74. The first kappa shape index (κ1) is 8.01. The molecule has 1 saturated heterocycles. The van der Waals surface area contributed by atoms with E-state index >= 15 is 0 Å². The van der Waals surface area contributed by atoms with Gasteiger partial charge in [-0.05, 0) is 49.6 Å². The molecule has 0 spiro atoms. The molecule has 0 amide bonds. The molecule has 3 rings (SSSR count). The Morgan fingerprint density at radius 3 is 2.92 bits per heavy atom. The van der Waals surface area contributed by atoms with Gasteiger partial charge in [-0.3, -0.25) is 0 Å². The Labute approximate surface area is 83.2 Å². The second kappa shape index (κ2) is 2.82. The van der Waals surface area contributed by atoms with Crippen LogP contribution in [0.2, 0.25) is 0 Å². The van der Waals surface area contributed by atoms with Crippen molar-refractivity contribution in [2.75, 3.05) is 6.54 Å². The van der Waals surface area contributed by atoms with E-state index in [0.29, 0.717) is 5.54 Å². The monoisotopic (exact) mass is 193 g/mol. The highest BCUT2D eigenvalue weighted by Gasteiger charge is 2.48. The summed E-state index contributed by atoms with van der Waals surface area (Å²) in [6.07, 6.45) is 5.59. The minimum absolute atomic E-state index is 0.397. The summed E-state index contributed by atoms with van der Waals surface area (Å²) in [4.78, 5) is 1.58. The first-order valence-corrected chi connectivity index (χ1v) is 6.09. The van der Waals surface area contributed by atoms with Gasteiger partial charge in [0.2, 0.25) is 0 Å². The van der Waals surface area contributed by atoms with Gasteiger partial charge in [0.15, 0.2) is 0 Å². The van der Waals surface area contributed by atoms with Crippen molar-refractivity contribution in [3.63, 3.8) is 0 Å². The Morgan fingerprint density at radius 1 is 1.46 bits per heavy atom. The minimum atomic E-state index is 0.397. The lowest BCUT2D eigenvalue weighted by Gasteiger charge is -2.28. The summed E-state index contributed by atoms with van der Waals surface area (Å²) in [7, 11) is 0. The van der Waals surface area contributed by atoms with Gasteiger partial charge in [-0.25, -0.2) is 0 Å². The van der Waals surface area contributed by atoms with Crippen LogP contribution in [0.4, 0.5) is 0 Å². The molecule has 2 heterocycles. The van der Waals surface area contributed by atoms with Crippen LogP contribution in [0.1, 0.15) is 30.6 Å². The molecule has 2 aliphatic rings. The maximum Gasteiger partial charge on any atom is 0.0557 e. The second-order valence-corrected chi connectivity index (χ2v) is 5.20. The zero-order valence-electron chi connectivity index (χ0n) is 7.75. The van der Waals surface area contributed by atoms with Gasteiger partial charge in [0, 0.05) is 4.88 Å². The van der Waals surface area contributed by atoms with E-state index in [2.05, 4.69) is 22.8 Å². The van der Waals surface area contributed by atoms with Gasteiger partial charge in [0.1, 0.15) is 0 Å². The highest BCUT2D eigenvalue weighted by atomic mass is 32.1. The molecule has 70 valence electrons. The van der Waals surface area contributed by atoms with Gasteiger partial charge < -0.3 is 5.32 Å². The summed E-state index contributed by atoms with van der Waals surface area (Å²) in [5.41, 5.74) is 0.397. The van der Waals surface area contributed by atoms with Crippen LogP contribution in [0.15, 0.2) is 17.5 Å². The molecule has 0 bridgehead atoms. The minimum Gasteiger partial charge on any atom is -0.306 e. The van der Waals surface area contributed by atoms with Gasteiger partial charge in [-0.15, -0.1) is 11.3 Å². The smallest absolute Gasteiger partial charge is 0.0557 e. The van der Waals surface area contributed by atoms with E-state index in [-0.39, 0.29) is 0 Å². The summed E-state index contributed by atoms with van der Waals surface area (Å²) >= 11 is 1.92. The topological polar surface area (TPSA) is 12.0 Å². The Morgan fingerprint density at radius 2 is 2.38 bits per heavy atom. The number of rotatable bonds is 2. The average molecular weight is 193 g/mol. The van der Waals surface area contributed by atoms with Crippen molar-refractivity contribution >= 4 is 11.3 Å². The number of nitrogens with one attached hydrogen (secondary N) is 1. The van der Waals surface area contributed by atoms with Gasteiger partial charge in [-0.2, -0.15) is 0 Å². The normalized spacial score (nSPS) is 33.8. The molecule has 1 aromatic heterocycles. The van der Waals surface area contributed by atoms with Crippen LogP contribution in [0.25, 0.3) is 0 Å². The molecule has 1 aliphatic carbocycles. The summed E-state index contributed by atoms with van der Waals surface area (Å²) in [6.45, 7) is 1.22. The van der Waals surface area contributed by atoms with Crippen LogP contribution < -0.4 is 5.32 Å². The van der Waals surface area contributed by atoms with Gasteiger partial charge in [0.25, 0.3) is 0 Å². The summed E-state index contributed by atoms with van der Waals surface area (Å²) in [6, 6.07) is 4.49. The van der Waals surface area contributed by atoms with Gasteiger partial charge in [0.05, 0.1) is 5.54 Å². The van der Waals surface area contributed by atoms with E-state index in [1.54, 1.807) is 4.88 Å². The van der Waals surface area contributed by atoms with Crippen molar-refractivity contribution in [3.05, 3.63) is 22.4 Å². The van der Waals surface area contributed by atoms with Crippen molar-refractivity contribution < 1.29 is 0 Å². The van der Waals surface area contributed by atoms with E-state index < -0.39 is 0 Å². The summed E-state index contributed by atoms with van der Waals surface area (Å²) in [5.74, 6) is 0.939. The van der Waals surface area contributed by atoms with Crippen LogP contribution in [-0.4, -0.2) is 6.54 Å². The Bertz CT molecular complexity index is 281. The third-order valence-electron chi connectivity index (χ3n) is 3.42. The Balaban J connectivity index is 1.98. The molecular weight excluding hydrogens is 178 g/mol. The van der Waals surface area contributed by atoms with Crippen molar-refractivity contribution in [1.82, 2.24) is 5.32 Å². The van der Waals surface area contributed by atoms with E-state index in [1.807, 2.05) is 11.3 Å². The molecule has 13 heavy (non-hydrogen) atoms. The highest BCUT2D eigenvalue weighted by molar-refractivity contribution is 7.10. The van der Waals surface area contributed by atoms with Crippen molar-refractivity contribution in [3.8, 4) is 0 Å². The fraction of sp³-hybridized carbons (Fsp3) is 0.636. The second-order valence-electron chi connectivity index (χ2n) is 4.25. The quantitative estimate of drug-likeness (QED) is 0.761. The molecule has 0 radical (unpaired) electrons. The van der Waals surface area contributed by atoms with E-state index in [9.17, 15) is 0 Å². The van der Waals surface area contributed by atoms with E-state index in [1.165, 1.54) is 32.2 Å². The molecular formula is C11H15NS. The molecule has 1 nitrogen and oxygen atoms in total. The summed E-state index contributed by atoms with van der Waals surface area (Å²) in [5, 5.41) is 5.95. The van der Waals surface area contributed by atoms with Crippen LogP contribution in [-0.2, 0) is 5.54 Å². The van der Waals surface area contributed by atoms with Crippen LogP contribution in [0.3, 0.4) is 0 Å². The van der Waals surface area contributed by atoms with Gasteiger partial charge >= 0.3 is 0 Å². The first-order chi connectivity index (χ1) is 6.42. The SMILES string of the molecule is c1csc(C2(C3CC3)CCCN2)c1. The molecule has 2 heteroatoms. The molecule has 1 saturated carbocycles. The number of hydrogen-bond donors (Lipinski definition) is 1. The number of thiophene rings is 1. The average Bonchev–Trinajstić information content (AvgIpc) is 2.73. The zero-order valence-corrected chi connectivity index (χ0v) is 8.57. The van der Waals surface area contributed by atoms with E-state index in [4.69, 9.17) is 0 Å².